The van der Waals surface area contributed by atoms with E-state index < -0.39 is 69.3 Å². The molecule has 4 N–H and O–H groups in total. The minimum Gasteiger partial charge on any atom is -0.457 e. The molecule has 0 bridgehead atoms. The van der Waals surface area contributed by atoms with Gasteiger partial charge in [0.15, 0.2) is 0 Å². The fraction of sp³-hybridized carbons (Fsp3) is 0.143. The number of nitrogen functional groups attached to an aromatic ring is 2. The second kappa shape index (κ2) is 15.3. The van der Waals surface area contributed by atoms with Crippen LogP contribution in [-0.4, -0.2) is 12.4 Å². The fourth-order valence-corrected chi connectivity index (χ4v) is 5.89. The zero-order valence-corrected chi connectivity index (χ0v) is 29.8. The third-order valence-corrected chi connectivity index (χ3v) is 9.05. The summed E-state index contributed by atoms with van der Waals surface area (Å²) in [4.78, 5) is 0. The Morgan fingerprint density at radius 3 is 0.661 bits per heavy atom. The lowest BCUT2D eigenvalue weighted by molar-refractivity contribution is -0.315. The van der Waals surface area contributed by atoms with Crippen LogP contribution in [0.15, 0.2) is 146 Å². The first-order chi connectivity index (χ1) is 27.6. The second-order valence-electron chi connectivity index (χ2n) is 13.0. The Bertz CT molecular complexity index is 2190. The Labute approximate surface area is 327 Å². The smallest absolute Gasteiger partial charge is 0.433 e. The van der Waals surface area contributed by atoms with Crippen molar-refractivity contribution in [3.05, 3.63) is 168 Å². The van der Waals surface area contributed by atoms with Crippen LogP contribution >= 0.6 is 0 Å². The standard InChI is InChI=1S/C42H28F12N2O3/c43-37(41(49,50)51,39(45,46)27-5-17-33(18-6-27)58-35-21-9-29(55)10-22-35)25-1-13-31(14-2-25)57-32-15-3-26(4-16-32)38(44,42(52,53)54)40(47,48)28-7-19-34(20-8-28)59-36-23-11-30(56)12-24-36/h1-24H,55-56H2. The number of anilines is 2. The molecule has 0 aliphatic heterocycles. The van der Waals surface area contributed by atoms with Gasteiger partial charge in [0, 0.05) is 33.6 Å². The van der Waals surface area contributed by atoms with E-state index in [1.165, 1.54) is 48.5 Å². The van der Waals surface area contributed by atoms with Crippen LogP contribution in [0.3, 0.4) is 0 Å². The summed E-state index contributed by atoms with van der Waals surface area (Å²) in [7, 11) is 0. The Kier molecular flexibility index (Phi) is 10.9. The van der Waals surface area contributed by atoms with E-state index in [-0.39, 0.29) is 23.0 Å². The molecule has 5 nitrogen and oxygen atoms in total. The molecule has 17 heteroatoms. The largest absolute Gasteiger partial charge is 0.457 e. The molecular formula is C42H28F12N2O3. The van der Waals surface area contributed by atoms with Crippen molar-refractivity contribution in [2.24, 2.45) is 0 Å². The summed E-state index contributed by atoms with van der Waals surface area (Å²) >= 11 is 0. The van der Waals surface area contributed by atoms with Crippen LogP contribution < -0.4 is 25.7 Å². The van der Waals surface area contributed by atoms with Crippen molar-refractivity contribution in [1.82, 2.24) is 0 Å². The second-order valence-corrected chi connectivity index (χ2v) is 13.0. The quantitative estimate of drug-likeness (QED) is 0.0948. The Morgan fingerprint density at radius 2 is 0.458 bits per heavy atom. The lowest BCUT2D eigenvalue weighted by Crippen LogP contribution is -2.51. The molecular weight excluding hydrogens is 808 g/mol. The first-order valence-electron chi connectivity index (χ1n) is 17.0. The Balaban J connectivity index is 1.20. The topological polar surface area (TPSA) is 79.7 Å². The highest BCUT2D eigenvalue weighted by Gasteiger charge is 2.73. The molecule has 6 rings (SSSR count). The Hall–Kier alpha value is -6.52. The van der Waals surface area contributed by atoms with Crippen molar-refractivity contribution in [3.8, 4) is 34.5 Å². The predicted octanol–water partition coefficient (Wildman–Crippen LogP) is 13.3. The molecule has 0 spiro atoms. The third kappa shape index (κ3) is 8.00. The normalized spacial score (nSPS) is 14.5. The summed E-state index contributed by atoms with van der Waals surface area (Å²) in [5.74, 6) is -11.0. The number of ether oxygens (including phenoxy) is 3. The Morgan fingerprint density at radius 1 is 0.271 bits per heavy atom. The summed E-state index contributed by atoms with van der Waals surface area (Å²) in [6.45, 7) is 0. The molecule has 2 unspecified atom stereocenters. The van der Waals surface area contributed by atoms with Gasteiger partial charge in [0.1, 0.15) is 34.5 Å². The van der Waals surface area contributed by atoms with Crippen LogP contribution in [0.4, 0.5) is 64.1 Å². The molecule has 59 heavy (non-hydrogen) atoms. The first kappa shape index (κ1) is 42.1. The highest BCUT2D eigenvalue weighted by atomic mass is 19.4. The SMILES string of the molecule is Nc1ccc(Oc2ccc(C(F)(F)C(F)(c3ccc(Oc4ccc(C(F)(C(F)(F)F)C(F)(F)c5ccc(Oc6ccc(N)cc6)cc5)cc4)cc3)C(F)(F)F)cc2)cc1. The van der Waals surface area contributed by atoms with Gasteiger partial charge in [0.25, 0.3) is 11.3 Å². The van der Waals surface area contributed by atoms with E-state index in [1.807, 2.05) is 0 Å². The van der Waals surface area contributed by atoms with E-state index in [9.17, 15) is 26.3 Å². The van der Waals surface area contributed by atoms with Crippen LogP contribution in [0.5, 0.6) is 34.5 Å². The highest BCUT2D eigenvalue weighted by molar-refractivity contribution is 5.46. The number of halogens is 12. The third-order valence-electron chi connectivity index (χ3n) is 9.05. The number of hydrogen-bond acceptors (Lipinski definition) is 5. The molecule has 0 fully saturated rings. The number of alkyl halides is 12. The molecule has 0 amide bonds. The van der Waals surface area contributed by atoms with Crippen molar-refractivity contribution in [2.75, 3.05) is 11.5 Å². The molecule has 0 aromatic heterocycles. The monoisotopic (exact) mass is 836 g/mol. The van der Waals surface area contributed by atoms with Crippen LogP contribution in [-0.2, 0) is 23.2 Å². The van der Waals surface area contributed by atoms with Gasteiger partial charge in [-0.2, -0.15) is 43.9 Å². The molecule has 308 valence electrons. The molecule has 0 aliphatic carbocycles. The summed E-state index contributed by atoms with van der Waals surface area (Å²) in [5.41, 5.74) is -4.40. The van der Waals surface area contributed by atoms with Gasteiger partial charge in [-0.25, -0.2) is 8.78 Å². The number of nitrogens with two attached hydrogens (primary N) is 2. The average Bonchev–Trinajstić information content (AvgIpc) is 3.19. The van der Waals surface area contributed by atoms with Gasteiger partial charge in [-0.05, 0) is 121 Å². The van der Waals surface area contributed by atoms with Gasteiger partial charge in [0.2, 0.25) is 0 Å². The number of rotatable bonds is 12. The van der Waals surface area contributed by atoms with E-state index in [1.54, 1.807) is 0 Å². The summed E-state index contributed by atoms with van der Waals surface area (Å²) < 4.78 is 196. The zero-order valence-electron chi connectivity index (χ0n) is 29.8. The molecule has 0 heterocycles. The summed E-state index contributed by atoms with van der Waals surface area (Å²) in [6.07, 6.45) is -12.4. The minimum atomic E-state index is -6.18. The maximum Gasteiger partial charge on any atom is 0.433 e. The van der Waals surface area contributed by atoms with Crippen LogP contribution in [0.2, 0.25) is 0 Å². The van der Waals surface area contributed by atoms with Gasteiger partial charge in [0.05, 0.1) is 0 Å². The van der Waals surface area contributed by atoms with E-state index in [0.717, 1.165) is 24.3 Å². The van der Waals surface area contributed by atoms with Gasteiger partial charge in [-0.1, -0.05) is 24.3 Å². The molecule has 6 aromatic rings. The molecule has 2 atom stereocenters. The fourth-order valence-electron chi connectivity index (χ4n) is 5.89. The van der Waals surface area contributed by atoms with Crippen molar-refractivity contribution in [3.63, 3.8) is 0 Å². The summed E-state index contributed by atoms with van der Waals surface area (Å²) in [6, 6.07) is 21.7. The molecule has 0 saturated heterocycles. The van der Waals surface area contributed by atoms with Crippen molar-refractivity contribution >= 4 is 11.4 Å². The lowest BCUT2D eigenvalue weighted by atomic mass is 9.84. The van der Waals surface area contributed by atoms with E-state index in [0.29, 0.717) is 84.2 Å². The maximum atomic E-state index is 16.0. The van der Waals surface area contributed by atoms with Crippen LogP contribution in [0.1, 0.15) is 22.3 Å². The summed E-state index contributed by atoms with van der Waals surface area (Å²) in [5, 5.41) is 0. The van der Waals surface area contributed by atoms with E-state index >= 15 is 26.3 Å². The zero-order chi connectivity index (χ0) is 43.0. The van der Waals surface area contributed by atoms with Crippen LogP contribution in [0.25, 0.3) is 0 Å². The van der Waals surface area contributed by atoms with Crippen LogP contribution in [0, 0.1) is 0 Å². The van der Waals surface area contributed by atoms with E-state index in [4.69, 9.17) is 25.7 Å². The van der Waals surface area contributed by atoms with Gasteiger partial charge >= 0.3 is 24.2 Å². The van der Waals surface area contributed by atoms with Gasteiger partial charge in [-0.15, -0.1) is 0 Å². The lowest BCUT2D eigenvalue weighted by Gasteiger charge is -2.35. The average molecular weight is 837 g/mol. The molecule has 0 saturated carbocycles. The molecule has 0 radical (unpaired) electrons. The first-order valence-corrected chi connectivity index (χ1v) is 17.0. The van der Waals surface area contributed by atoms with Crippen molar-refractivity contribution in [1.29, 1.82) is 0 Å². The maximum absolute atomic E-state index is 16.0. The number of hydrogen-bond donors (Lipinski definition) is 2. The van der Waals surface area contributed by atoms with E-state index in [2.05, 4.69) is 0 Å². The molecule has 6 aromatic carbocycles. The minimum absolute atomic E-state index is 0.0586. The highest BCUT2D eigenvalue weighted by Crippen LogP contribution is 2.59. The van der Waals surface area contributed by atoms with Gasteiger partial charge in [-0.3, -0.25) is 0 Å². The number of benzene rings is 6. The van der Waals surface area contributed by atoms with Gasteiger partial charge < -0.3 is 25.7 Å². The van der Waals surface area contributed by atoms with Crippen molar-refractivity contribution < 1.29 is 66.9 Å². The van der Waals surface area contributed by atoms with Crippen molar-refractivity contribution in [2.45, 2.75) is 35.5 Å². The predicted molar refractivity (Wildman–Crippen MR) is 193 cm³/mol. The molecule has 0 aliphatic rings.